The van der Waals surface area contributed by atoms with E-state index >= 15 is 0 Å². The summed E-state index contributed by atoms with van der Waals surface area (Å²) >= 11 is 2.96. The van der Waals surface area contributed by atoms with Crippen LogP contribution in [0.1, 0.15) is 34.5 Å². The first-order valence-corrected chi connectivity index (χ1v) is 10.4. The fourth-order valence-electron chi connectivity index (χ4n) is 2.95. The van der Waals surface area contributed by atoms with Crippen molar-refractivity contribution < 1.29 is 14.0 Å². The van der Waals surface area contributed by atoms with Crippen LogP contribution in [0.2, 0.25) is 0 Å². The van der Waals surface area contributed by atoms with Crippen LogP contribution in [0.4, 0.5) is 4.39 Å². The molecule has 1 aromatic carbocycles. The number of carbonyl (C=O) groups is 2. The van der Waals surface area contributed by atoms with Crippen LogP contribution in [0.15, 0.2) is 41.8 Å². The summed E-state index contributed by atoms with van der Waals surface area (Å²) in [4.78, 5) is 29.3. The predicted molar refractivity (Wildman–Crippen MR) is 104 cm³/mol. The number of hydrogen-bond acceptors (Lipinski definition) is 4. The molecule has 1 fully saturated rings. The van der Waals surface area contributed by atoms with Gasteiger partial charge in [0.05, 0.1) is 10.6 Å². The van der Waals surface area contributed by atoms with Crippen molar-refractivity contribution in [2.24, 2.45) is 0 Å². The lowest BCUT2D eigenvalue weighted by atomic mass is 10.2. The Balaban J connectivity index is 1.71. The zero-order valence-corrected chi connectivity index (χ0v) is 16.4. The van der Waals surface area contributed by atoms with Gasteiger partial charge in [0, 0.05) is 19.1 Å². The number of hydrogen-bond donors (Lipinski definition) is 0. The van der Waals surface area contributed by atoms with Gasteiger partial charge in [-0.05, 0) is 43.0 Å². The third kappa shape index (κ3) is 4.10. The summed E-state index contributed by atoms with van der Waals surface area (Å²) in [6.45, 7) is 4.88. The number of carbonyl (C=O) groups excluding carboxylic acids is 2. The molecule has 1 unspecified atom stereocenters. The van der Waals surface area contributed by atoms with E-state index < -0.39 is 0 Å². The summed E-state index contributed by atoms with van der Waals surface area (Å²) in [7, 11) is 0. The monoisotopic (exact) mass is 392 g/mol. The van der Waals surface area contributed by atoms with Gasteiger partial charge in [0.15, 0.2) is 0 Å². The molecule has 2 aromatic rings. The molecule has 0 N–H and O–H groups in total. The molecule has 1 saturated heterocycles. The summed E-state index contributed by atoms with van der Waals surface area (Å²) in [5, 5.41) is 1.76. The topological polar surface area (TPSA) is 40.6 Å². The molecule has 0 aliphatic carbocycles. The van der Waals surface area contributed by atoms with Gasteiger partial charge >= 0.3 is 0 Å². The zero-order chi connectivity index (χ0) is 18.7. The number of thioether (sulfide) groups is 1. The highest BCUT2D eigenvalue weighted by molar-refractivity contribution is 8.00. The molecule has 7 heteroatoms. The standard InChI is InChI=1S/C19H21FN2O2S2/c1-13(2)21(18(24)16-4-3-11-25-16)9-10-22-17(23)12-26-19(22)14-5-7-15(20)8-6-14/h3-8,11,13,19H,9-10,12H2,1-2H3. The summed E-state index contributed by atoms with van der Waals surface area (Å²) in [5.74, 6) is 0.161. The van der Waals surface area contributed by atoms with Gasteiger partial charge in [-0.1, -0.05) is 18.2 Å². The van der Waals surface area contributed by atoms with Crippen molar-refractivity contribution in [1.82, 2.24) is 9.80 Å². The average molecular weight is 393 g/mol. The number of benzene rings is 1. The maximum Gasteiger partial charge on any atom is 0.264 e. The van der Waals surface area contributed by atoms with E-state index in [0.29, 0.717) is 23.7 Å². The van der Waals surface area contributed by atoms with Crippen LogP contribution in [0.25, 0.3) is 0 Å². The highest BCUT2D eigenvalue weighted by Gasteiger charge is 2.33. The van der Waals surface area contributed by atoms with Crippen molar-refractivity contribution in [2.45, 2.75) is 25.3 Å². The quantitative estimate of drug-likeness (QED) is 0.746. The molecule has 3 rings (SSSR count). The average Bonchev–Trinajstić information content (AvgIpc) is 3.26. The SMILES string of the molecule is CC(C)N(CCN1C(=O)CSC1c1ccc(F)cc1)C(=O)c1cccs1. The Morgan fingerprint density at radius 3 is 2.65 bits per heavy atom. The Hall–Kier alpha value is -1.86. The van der Waals surface area contributed by atoms with Crippen molar-refractivity contribution >= 4 is 34.9 Å². The molecule has 4 nitrogen and oxygen atoms in total. The normalized spacial score (nSPS) is 17.2. The largest absolute Gasteiger partial charge is 0.334 e. The Bertz CT molecular complexity index is 762. The molecule has 1 aromatic heterocycles. The summed E-state index contributed by atoms with van der Waals surface area (Å²) in [6, 6.07) is 9.99. The summed E-state index contributed by atoms with van der Waals surface area (Å²) < 4.78 is 13.2. The maximum atomic E-state index is 13.2. The van der Waals surface area contributed by atoms with Crippen LogP contribution >= 0.6 is 23.1 Å². The van der Waals surface area contributed by atoms with Crippen LogP contribution in [0.5, 0.6) is 0 Å². The van der Waals surface area contributed by atoms with E-state index in [2.05, 4.69) is 0 Å². The molecular weight excluding hydrogens is 371 g/mol. The second kappa shape index (κ2) is 8.22. The first-order valence-electron chi connectivity index (χ1n) is 8.48. The summed E-state index contributed by atoms with van der Waals surface area (Å²) in [6.07, 6.45) is 0. The van der Waals surface area contributed by atoms with Gasteiger partial charge in [-0.2, -0.15) is 0 Å². The molecular formula is C19H21FN2O2S2. The first-order chi connectivity index (χ1) is 12.5. The van der Waals surface area contributed by atoms with Crippen LogP contribution in [-0.4, -0.2) is 46.5 Å². The molecule has 2 amide bonds. The highest BCUT2D eigenvalue weighted by Crippen LogP contribution is 2.38. The van der Waals surface area contributed by atoms with Crippen molar-refractivity contribution in [1.29, 1.82) is 0 Å². The molecule has 1 atom stereocenters. The van der Waals surface area contributed by atoms with Gasteiger partial charge in [0.1, 0.15) is 11.2 Å². The smallest absolute Gasteiger partial charge is 0.264 e. The van der Waals surface area contributed by atoms with Crippen LogP contribution < -0.4 is 0 Å². The number of rotatable bonds is 6. The molecule has 138 valence electrons. The lowest BCUT2D eigenvalue weighted by Crippen LogP contribution is -2.43. The van der Waals surface area contributed by atoms with Gasteiger partial charge < -0.3 is 9.80 Å². The van der Waals surface area contributed by atoms with E-state index in [1.54, 1.807) is 21.9 Å². The fourth-order valence-corrected chi connectivity index (χ4v) is 4.85. The minimum atomic E-state index is -0.290. The zero-order valence-electron chi connectivity index (χ0n) is 14.7. The minimum absolute atomic E-state index is 0.00682. The molecule has 0 bridgehead atoms. The van der Waals surface area contributed by atoms with Crippen LogP contribution in [0.3, 0.4) is 0 Å². The van der Waals surface area contributed by atoms with Crippen LogP contribution in [-0.2, 0) is 4.79 Å². The predicted octanol–water partition coefficient (Wildman–Crippen LogP) is 4.01. The minimum Gasteiger partial charge on any atom is -0.334 e. The lowest BCUT2D eigenvalue weighted by molar-refractivity contribution is -0.128. The van der Waals surface area contributed by atoms with E-state index in [1.807, 2.05) is 31.4 Å². The van der Waals surface area contributed by atoms with Crippen molar-refractivity contribution in [3.05, 3.63) is 58.0 Å². The molecule has 0 radical (unpaired) electrons. The van der Waals surface area contributed by atoms with Gasteiger partial charge in [-0.25, -0.2) is 4.39 Å². The lowest BCUT2D eigenvalue weighted by Gasteiger charge is -2.31. The first kappa shape index (κ1) is 18.9. The number of halogens is 1. The van der Waals surface area contributed by atoms with Gasteiger partial charge in [-0.15, -0.1) is 23.1 Å². The van der Waals surface area contributed by atoms with E-state index in [-0.39, 0.29) is 29.0 Å². The second-order valence-electron chi connectivity index (χ2n) is 6.37. The fraction of sp³-hybridized carbons (Fsp3) is 0.368. The Kier molecular flexibility index (Phi) is 5.98. The number of thiophene rings is 1. The van der Waals surface area contributed by atoms with Gasteiger partial charge in [0.25, 0.3) is 5.91 Å². The Labute approximate surface area is 161 Å². The third-order valence-electron chi connectivity index (χ3n) is 4.32. The van der Waals surface area contributed by atoms with Gasteiger partial charge in [-0.3, -0.25) is 9.59 Å². The van der Waals surface area contributed by atoms with Crippen LogP contribution in [0, 0.1) is 5.82 Å². The van der Waals surface area contributed by atoms with Crippen molar-refractivity contribution in [3.8, 4) is 0 Å². The molecule has 2 heterocycles. The molecule has 1 aliphatic heterocycles. The highest BCUT2D eigenvalue weighted by atomic mass is 32.2. The number of nitrogens with zero attached hydrogens (tertiary/aromatic N) is 2. The number of amides is 2. The summed E-state index contributed by atoms with van der Waals surface area (Å²) in [5.41, 5.74) is 0.905. The Morgan fingerprint density at radius 2 is 2.04 bits per heavy atom. The van der Waals surface area contributed by atoms with Crippen molar-refractivity contribution in [2.75, 3.05) is 18.8 Å². The maximum absolute atomic E-state index is 13.2. The molecule has 1 aliphatic rings. The Morgan fingerprint density at radius 1 is 1.31 bits per heavy atom. The second-order valence-corrected chi connectivity index (χ2v) is 8.39. The van der Waals surface area contributed by atoms with E-state index in [9.17, 15) is 14.0 Å². The van der Waals surface area contributed by atoms with Crippen molar-refractivity contribution in [3.63, 3.8) is 0 Å². The van der Waals surface area contributed by atoms with E-state index in [1.165, 1.54) is 35.2 Å². The van der Waals surface area contributed by atoms with E-state index in [0.717, 1.165) is 5.56 Å². The molecule has 26 heavy (non-hydrogen) atoms. The molecule has 0 saturated carbocycles. The molecule has 0 spiro atoms. The van der Waals surface area contributed by atoms with E-state index in [4.69, 9.17) is 0 Å². The third-order valence-corrected chi connectivity index (χ3v) is 6.44. The van der Waals surface area contributed by atoms with Gasteiger partial charge in [0.2, 0.25) is 5.91 Å².